The summed E-state index contributed by atoms with van der Waals surface area (Å²) in [6.45, 7) is 7.86. The van der Waals surface area contributed by atoms with Crippen molar-refractivity contribution in [3.63, 3.8) is 0 Å². The molecule has 10 heteroatoms. The van der Waals surface area contributed by atoms with Gasteiger partial charge in [-0.15, -0.1) is 0 Å². The number of hydrazine groups is 2. The third-order valence-electron chi connectivity index (χ3n) is 3.74. The van der Waals surface area contributed by atoms with Crippen LogP contribution in [0.25, 0.3) is 0 Å². The van der Waals surface area contributed by atoms with Crippen LogP contribution in [0.2, 0.25) is 0 Å². The first-order valence-corrected chi connectivity index (χ1v) is 9.85. The van der Waals surface area contributed by atoms with Crippen molar-refractivity contribution < 1.29 is 9.59 Å². The monoisotopic (exact) mass is 444 g/mol. The molecule has 158 valence electrons. The maximum absolute atomic E-state index is 11.9. The van der Waals surface area contributed by atoms with Gasteiger partial charge in [-0.2, -0.15) is 0 Å². The smallest absolute Gasteiger partial charge is 0.329 e. The Bertz CT molecular complexity index is 873. The zero-order chi connectivity index (χ0) is 22.3. The Morgan fingerprint density at radius 1 is 0.567 bits per heavy atom. The van der Waals surface area contributed by atoms with Gasteiger partial charge in [0.1, 0.15) is 0 Å². The third kappa shape index (κ3) is 7.64. The first kappa shape index (κ1) is 23.0. The van der Waals surface area contributed by atoms with Crippen molar-refractivity contribution in [2.45, 2.75) is 27.7 Å². The molecule has 2 rings (SSSR count). The van der Waals surface area contributed by atoms with Crippen molar-refractivity contribution in [3.05, 3.63) is 58.7 Å². The van der Waals surface area contributed by atoms with Crippen molar-refractivity contribution in [3.8, 4) is 0 Å². The summed E-state index contributed by atoms with van der Waals surface area (Å²) >= 11 is 10.2. The van der Waals surface area contributed by atoms with Crippen LogP contribution in [0, 0.1) is 27.7 Å². The fraction of sp³-hybridized carbons (Fsp3) is 0.200. The van der Waals surface area contributed by atoms with E-state index in [1.165, 1.54) is 0 Å². The molecule has 0 aliphatic rings. The molecule has 0 aliphatic carbocycles. The Morgan fingerprint density at radius 2 is 0.867 bits per heavy atom. The molecule has 0 unspecified atom stereocenters. The van der Waals surface area contributed by atoms with Crippen molar-refractivity contribution in [2.24, 2.45) is 0 Å². The normalized spacial score (nSPS) is 9.87. The summed E-state index contributed by atoms with van der Waals surface area (Å²) in [6, 6.07) is 11.7. The summed E-state index contributed by atoms with van der Waals surface area (Å²) in [4.78, 5) is 23.8. The van der Waals surface area contributed by atoms with Gasteiger partial charge in [-0.25, -0.2) is 0 Å². The van der Waals surface area contributed by atoms with Gasteiger partial charge in [0, 0.05) is 11.4 Å². The van der Waals surface area contributed by atoms with Crippen LogP contribution in [-0.4, -0.2) is 22.0 Å². The SMILES string of the molecule is Cc1cc(C)cc(NC(=S)NNC(=O)C(=O)NNC(=S)Nc2cc(C)cc(C)c2)c1. The van der Waals surface area contributed by atoms with E-state index in [1.807, 2.05) is 64.1 Å². The number of nitrogens with one attached hydrogen (secondary N) is 6. The van der Waals surface area contributed by atoms with Gasteiger partial charge >= 0.3 is 11.8 Å². The number of rotatable bonds is 2. The highest BCUT2D eigenvalue weighted by atomic mass is 32.1. The quantitative estimate of drug-likeness (QED) is 0.238. The van der Waals surface area contributed by atoms with E-state index in [1.54, 1.807) is 0 Å². The number of amides is 2. The number of aryl methyl sites for hydroxylation is 4. The first-order valence-electron chi connectivity index (χ1n) is 9.03. The molecule has 0 bridgehead atoms. The Morgan fingerprint density at radius 3 is 1.17 bits per heavy atom. The Balaban J connectivity index is 1.75. The molecule has 30 heavy (non-hydrogen) atoms. The summed E-state index contributed by atoms with van der Waals surface area (Å²) in [5.41, 5.74) is 15.2. The molecule has 0 aliphatic heterocycles. The number of anilines is 2. The highest BCUT2D eigenvalue weighted by molar-refractivity contribution is 7.80. The van der Waals surface area contributed by atoms with Gasteiger partial charge in [-0.05, 0) is 98.6 Å². The second-order valence-corrected chi connectivity index (χ2v) is 7.64. The highest BCUT2D eigenvalue weighted by Crippen LogP contribution is 2.14. The van der Waals surface area contributed by atoms with Crippen LogP contribution in [0.5, 0.6) is 0 Å². The van der Waals surface area contributed by atoms with Crippen molar-refractivity contribution in [1.82, 2.24) is 21.7 Å². The minimum absolute atomic E-state index is 0.140. The fourth-order valence-electron chi connectivity index (χ4n) is 2.76. The summed E-state index contributed by atoms with van der Waals surface area (Å²) in [5, 5.41) is 6.14. The van der Waals surface area contributed by atoms with Gasteiger partial charge < -0.3 is 10.6 Å². The molecule has 8 nitrogen and oxygen atoms in total. The van der Waals surface area contributed by atoms with Gasteiger partial charge in [-0.1, -0.05) is 12.1 Å². The zero-order valence-electron chi connectivity index (χ0n) is 17.1. The second-order valence-electron chi connectivity index (χ2n) is 6.82. The average molecular weight is 445 g/mol. The lowest BCUT2D eigenvalue weighted by molar-refractivity contribution is -0.139. The summed E-state index contributed by atoms with van der Waals surface area (Å²) in [7, 11) is 0. The number of hydrogen-bond acceptors (Lipinski definition) is 4. The molecule has 0 atom stereocenters. The molecule has 2 aromatic carbocycles. The van der Waals surface area contributed by atoms with E-state index < -0.39 is 11.8 Å². The predicted molar refractivity (Wildman–Crippen MR) is 127 cm³/mol. The number of carbonyl (C=O) groups excluding carboxylic acids is 2. The van der Waals surface area contributed by atoms with Gasteiger partial charge in [0.2, 0.25) is 0 Å². The first-order chi connectivity index (χ1) is 14.1. The van der Waals surface area contributed by atoms with Gasteiger partial charge in [0.25, 0.3) is 0 Å². The molecule has 0 spiro atoms. The van der Waals surface area contributed by atoms with Crippen molar-refractivity contribution >= 4 is 57.8 Å². The molecule has 2 amide bonds. The fourth-order valence-corrected chi connectivity index (χ4v) is 3.10. The molecule has 0 saturated carbocycles. The largest absolute Gasteiger partial charge is 0.331 e. The Hall–Kier alpha value is -3.24. The number of benzene rings is 2. The summed E-state index contributed by atoms with van der Waals surface area (Å²) < 4.78 is 0. The van der Waals surface area contributed by atoms with Crippen LogP contribution in [0.4, 0.5) is 11.4 Å². The van der Waals surface area contributed by atoms with E-state index >= 15 is 0 Å². The third-order valence-corrected chi connectivity index (χ3v) is 4.15. The average Bonchev–Trinajstić information content (AvgIpc) is 2.62. The van der Waals surface area contributed by atoms with Crippen LogP contribution in [-0.2, 0) is 9.59 Å². The maximum Gasteiger partial charge on any atom is 0.329 e. The maximum atomic E-state index is 11.9. The van der Waals surface area contributed by atoms with Crippen LogP contribution in [0.1, 0.15) is 22.3 Å². The molecule has 6 N–H and O–H groups in total. The number of carbonyl (C=O) groups is 2. The van der Waals surface area contributed by atoms with Gasteiger partial charge in [-0.3, -0.25) is 31.3 Å². The van der Waals surface area contributed by atoms with Gasteiger partial charge in [0.15, 0.2) is 10.2 Å². The van der Waals surface area contributed by atoms with E-state index in [0.717, 1.165) is 33.6 Å². The van der Waals surface area contributed by atoms with Crippen LogP contribution in [0.3, 0.4) is 0 Å². The summed E-state index contributed by atoms with van der Waals surface area (Å²) in [6.07, 6.45) is 0. The lowest BCUT2D eigenvalue weighted by Crippen LogP contribution is -2.53. The molecule has 0 aromatic heterocycles. The van der Waals surface area contributed by atoms with Gasteiger partial charge in [0.05, 0.1) is 0 Å². The highest BCUT2D eigenvalue weighted by Gasteiger charge is 2.14. The molecule has 0 saturated heterocycles. The topological polar surface area (TPSA) is 106 Å². The standard InChI is InChI=1S/C20H24N6O2S2/c1-11-5-12(2)8-15(7-11)21-19(29)25-23-17(27)18(28)24-26-20(30)22-16-9-13(3)6-14(4)10-16/h5-10H,1-4H3,(H,23,27)(H,24,28)(H2,21,25,29)(H2,22,26,30). The van der Waals surface area contributed by atoms with Crippen LogP contribution >= 0.6 is 24.4 Å². The predicted octanol–water partition coefficient (Wildman–Crippen LogP) is 2.26. The van der Waals surface area contributed by atoms with E-state index in [9.17, 15) is 9.59 Å². The molecular formula is C20H24N6O2S2. The Kier molecular flexibility index (Phi) is 8.07. The number of hydrogen-bond donors (Lipinski definition) is 6. The molecule has 0 radical (unpaired) electrons. The molecule has 2 aromatic rings. The molecular weight excluding hydrogens is 420 g/mol. The van der Waals surface area contributed by atoms with Crippen LogP contribution < -0.4 is 32.3 Å². The molecule has 0 heterocycles. The van der Waals surface area contributed by atoms with E-state index in [0.29, 0.717) is 0 Å². The van der Waals surface area contributed by atoms with Crippen molar-refractivity contribution in [1.29, 1.82) is 0 Å². The van der Waals surface area contributed by atoms with Crippen LogP contribution in [0.15, 0.2) is 36.4 Å². The number of thiocarbonyl (C=S) groups is 2. The lowest BCUT2D eigenvalue weighted by Gasteiger charge is -2.14. The van der Waals surface area contributed by atoms with Crippen molar-refractivity contribution in [2.75, 3.05) is 10.6 Å². The van der Waals surface area contributed by atoms with E-state index in [-0.39, 0.29) is 10.2 Å². The molecule has 0 fully saturated rings. The van der Waals surface area contributed by atoms with E-state index in [4.69, 9.17) is 24.4 Å². The zero-order valence-corrected chi connectivity index (χ0v) is 18.7. The Labute approximate surface area is 186 Å². The lowest BCUT2D eigenvalue weighted by atomic mass is 10.1. The minimum Gasteiger partial charge on any atom is -0.331 e. The summed E-state index contributed by atoms with van der Waals surface area (Å²) in [5.74, 6) is -1.89. The minimum atomic E-state index is -0.943. The second kappa shape index (κ2) is 10.5. The van der Waals surface area contributed by atoms with E-state index in [2.05, 4.69) is 32.3 Å².